The highest BCUT2D eigenvalue weighted by atomic mass is 32.2. The van der Waals surface area contributed by atoms with Crippen molar-refractivity contribution in [1.29, 1.82) is 0 Å². The zero-order chi connectivity index (χ0) is 21.2. The van der Waals surface area contributed by atoms with Crippen molar-refractivity contribution in [3.05, 3.63) is 65.7 Å². The maximum atomic E-state index is 13.1. The lowest BCUT2D eigenvalue weighted by Crippen LogP contribution is -2.36. The molecule has 0 aliphatic carbocycles. The summed E-state index contributed by atoms with van der Waals surface area (Å²) < 4.78 is 49.2. The minimum atomic E-state index is -3.82. The molecule has 1 saturated heterocycles. The van der Waals surface area contributed by atoms with Gasteiger partial charge < -0.3 is 4.90 Å². The van der Waals surface area contributed by atoms with E-state index in [9.17, 15) is 21.6 Å². The molecule has 1 atom stereocenters. The number of nitrogens with zero attached hydrogens (tertiary/aromatic N) is 1. The van der Waals surface area contributed by atoms with Gasteiger partial charge in [0.25, 0.3) is 5.91 Å². The van der Waals surface area contributed by atoms with Gasteiger partial charge in [0.15, 0.2) is 19.7 Å². The molecule has 3 rings (SSSR count). The van der Waals surface area contributed by atoms with Gasteiger partial charge in [-0.2, -0.15) is 0 Å². The lowest BCUT2D eigenvalue weighted by atomic mass is 10.1. The lowest BCUT2D eigenvalue weighted by molar-refractivity contribution is 0.0690. The van der Waals surface area contributed by atoms with Gasteiger partial charge in [-0.3, -0.25) is 4.79 Å². The zero-order valence-electron chi connectivity index (χ0n) is 16.5. The normalized spacial score (nSPS) is 18.7. The quantitative estimate of drug-likeness (QED) is 0.696. The van der Waals surface area contributed by atoms with Crippen LogP contribution in [0.2, 0.25) is 0 Å². The van der Waals surface area contributed by atoms with Crippen molar-refractivity contribution in [3.63, 3.8) is 0 Å². The molecule has 1 heterocycles. The van der Waals surface area contributed by atoms with Crippen molar-refractivity contribution in [2.45, 2.75) is 43.0 Å². The topological polar surface area (TPSA) is 88.6 Å². The third-order valence-electron chi connectivity index (χ3n) is 5.12. The van der Waals surface area contributed by atoms with Gasteiger partial charge in [0.2, 0.25) is 0 Å². The summed E-state index contributed by atoms with van der Waals surface area (Å²) in [5, 5.41) is -0.955. The third kappa shape index (κ3) is 4.87. The predicted octanol–water partition coefficient (Wildman–Crippen LogP) is 2.70. The minimum Gasteiger partial charge on any atom is -0.332 e. The van der Waals surface area contributed by atoms with Crippen LogP contribution >= 0.6 is 0 Å². The average Bonchev–Trinajstić information content (AvgIpc) is 3.07. The lowest BCUT2D eigenvalue weighted by Gasteiger charge is -2.27. The Morgan fingerprint density at radius 1 is 1.10 bits per heavy atom. The molecule has 0 spiro atoms. The monoisotopic (exact) mass is 435 g/mol. The average molecular weight is 436 g/mol. The van der Waals surface area contributed by atoms with Crippen LogP contribution in [0, 0.1) is 0 Å². The Morgan fingerprint density at radius 2 is 1.79 bits per heavy atom. The Bertz CT molecular complexity index is 1090. The number of carbonyl (C=O) groups is 1. The van der Waals surface area contributed by atoms with Crippen LogP contribution in [0.4, 0.5) is 0 Å². The first-order valence-corrected chi connectivity index (χ1v) is 12.9. The summed E-state index contributed by atoms with van der Waals surface area (Å²) in [6, 6.07) is 15.4. The van der Waals surface area contributed by atoms with Gasteiger partial charge in [0.05, 0.1) is 21.7 Å². The molecule has 1 fully saturated rings. The fraction of sp³-hybridized carbons (Fsp3) is 0.381. The molecule has 1 aliphatic rings. The number of benzene rings is 2. The molecule has 0 N–H and O–H groups in total. The second kappa shape index (κ2) is 8.28. The van der Waals surface area contributed by atoms with Crippen LogP contribution in [-0.2, 0) is 26.2 Å². The number of hydrogen-bond acceptors (Lipinski definition) is 5. The SMILES string of the molecule is CC(C)N(Cc1ccccc1)C(=O)c1cccc(S(=O)(=O)[C@@H]2CCS(=O)(=O)C2)c1. The van der Waals surface area contributed by atoms with Crippen molar-refractivity contribution in [2.24, 2.45) is 0 Å². The molecule has 0 aromatic heterocycles. The summed E-state index contributed by atoms with van der Waals surface area (Å²) in [4.78, 5) is 14.8. The van der Waals surface area contributed by atoms with Gasteiger partial charge in [0, 0.05) is 18.2 Å². The molecule has 1 amide bonds. The highest BCUT2D eigenvalue weighted by Gasteiger charge is 2.38. The highest BCUT2D eigenvalue weighted by molar-refractivity contribution is 7.96. The molecule has 0 radical (unpaired) electrons. The van der Waals surface area contributed by atoms with E-state index in [1.165, 1.54) is 18.2 Å². The van der Waals surface area contributed by atoms with Crippen LogP contribution in [0.1, 0.15) is 36.2 Å². The molecule has 0 saturated carbocycles. The summed E-state index contributed by atoms with van der Waals surface area (Å²) in [6.07, 6.45) is 0.0922. The molecule has 0 unspecified atom stereocenters. The van der Waals surface area contributed by atoms with Crippen LogP contribution < -0.4 is 0 Å². The summed E-state index contributed by atoms with van der Waals surface area (Å²) in [7, 11) is -7.15. The molecule has 6 nitrogen and oxygen atoms in total. The Morgan fingerprint density at radius 3 is 2.38 bits per heavy atom. The Labute approximate surface area is 172 Å². The van der Waals surface area contributed by atoms with E-state index in [0.717, 1.165) is 5.56 Å². The molecule has 8 heteroatoms. The molecule has 2 aromatic carbocycles. The first-order chi connectivity index (χ1) is 13.6. The molecule has 0 bridgehead atoms. The molecule has 156 valence electrons. The van der Waals surface area contributed by atoms with E-state index in [4.69, 9.17) is 0 Å². The number of rotatable bonds is 6. The Balaban J connectivity index is 1.88. The maximum absolute atomic E-state index is 13.1. The first-order valence-electron chi connectivity index (χ1n) is 9.49. The summed E-state index contributed by atoms with van der Waals surface area (Å²) in [6.45, 7) is 4.23. The van der Waals surface area contributed by atoms with E-state index in [1.54, 1.807) is 11.0 Å². The third-order valence-corrected chi connectivity index (χ3v) is 9.29. The van der Waals surface area contributed by atoms with E-state index < -0.39 is 24.9 Å². The minimum absolute atomic E-state index is 0.00568. The molecule has 29 heavy (non-hydrogen) atoms. The standard InChI is InChI=1S/C21H25NO5S2/c1-16(2)22(14-17-7-4-3-5-8-17)21(23)18-9-6-10-19(13-18)29(26,27)20-11-12-28(24,25)15-20/h3-10,13,16,20H,11-12,14-15H2,1-2H3/t20-/m1/s1. The molecule has 2 aromatic rings. The highest BCUT2D eigenvalue weighted by Crippen LogP contribution is 2.26. The maximum Gasteiger partial charge on any atom is 0.254 e. The first kappa shape index (κ1) is 21.5. The van der Waals surface area contributed by atoms with E-state index >= 15 is 0 Å². The van der Waals surface area contributed by atoms with Crippen molar-refractivity contribution in [3.8, 4) is 0 Å². The molecular formula is C21H25NO5S2. The van der Waals surface area contributed by atoms with Crippen LogP contribution in [0.5, 0.6) is 0 Å². The number of sulfone groups is 2. The Kier molecular flexibility index (Phi) is 6.14. The summed E-state index contributed by atoms with van der Waals surface area (Å²) in [5.41, 5.74) is 1.26. The van der Waals surface area contributed by atoms with Crippen LogP contribution in [-0.4, -0.2) is 50.4 Å². The van der Waals surface area contributed by atoms with Crippen molar-refractivity contribution in [1.82, 2.24) is 4.90 Å². The van der Waals surface area contributed by atoms with E-state index in [1.807, 2.05) is 44.2 Å². The van der Waals surface area contributed by atoms with Gasteiger partial charge in [-0.25, -0.2) is 16.8 Å². The number of hydrogen-bond donors (Lipinski definition) is 0. The van der Waals surface area contributed by atoms with E-state index in [2.05, 4.69) is 0 Å². The van der Waals surface area contributed by atoms with Gasteiger partial charge in [-0.1, -0.05) is 36.4 Å². The summed E-state index contributed by atoms with van der Waals surface area (Å²) >= 11 is 0. The fourth-order valence-corrected chi connectivity index (χ4v) is 7.84. The van der Waals surface area contributed by atoms with Crippen LogP contribution in [0.3, 0.4) is 0 Å². The molecular weight excluding hydrogens is 410 g/mol. The van der Waals surface area contributed by atoms with E-state index in [0.29, 0.717) is 6.54 Å². The van der Waals surface area contributed by atoms with Gasteiger partial charge in [0.1, 0.15) is 0 Å². The second-order valence-corrected chi connectivity index (χ2v) is 12.1. The van der Waals surface area contributed by atoms with Gasteiger partial charge >= 0.3 is 0 Å². The van der Waals surface area contributed by atoms with Crippen molar-refractivity contribution < 1.29 is 21.6 Å². The largest absolute Gasteiger partial charge is 0.332 e. The van der Waals surface area contributed by atoms with Crippen LogP contribution in [0.15, 0.2) is 59.5 Å². The predicted molar refractivity (Wildman–Crippen MR) is 112 cm³/mol. The fourth-order valence-electron chi connectivity index (χ4n) is 3.44. The molecule has 1 aliphatic heterocycles. The second-order valence-electron chi connectivity index (χ2n) is 7.61. The number of amides is 1. The van der Waals surface area contributed by atoms with Gasteiger partial charge in [-0.15, -0.1) is 0 Å². The van der Waals surface area contributed by atoms with Crippen LogP contribution in [0.25, 0.3) is 0 Å². The zero-order valence-corrected chi connectivity index (χ0v) is 18.1. The number of carbonyl (C=O) groups excluding carboxylic acids is 1. The summed E-state index contributed by atoms with van der Waals surface area (Å²) in [5.74, 6) is -0.743. The van der Waals surface area contributed by atoms with Gasteiger partial charge in [-0.05, 0) is 44.0 Å². The van der Waals surface area contributed by atoms with Crippen molar-refractivity contribution >= 4 is 25.6 Å². The van der Waals surface area contributed by atoms with E-state index in [-0.39, 0.29) is 40.3 Å². The van der Waals surface area contributed by atoms with Crippen molar-refractivity contribution in [2.75, 3.05) is 11.5 Å². The smallest absolute Gasteiger partial charge is 0.254 e. The Hall–Kier alpha value is -2.19.